The lowest BCUT2D eigenvalue weighted by Crippen LogP contribution is -2.26. The Morgan fingerprint density at radius 2 is 1.84 bits per heavy atom. The van der Waals surface area contributed by atoms with Crippen LogP contribution in [0, 0.1) is 0 Å². The molecule has 0 radical (unpaired) electrons. The average molecular weight is 349 g/mol. The van der Waals surface area contributed by atoms with Gasteiger partial charge in [0, 0.05) is 16.0 Å². The molecule has 124 valence electrons. The molecule has 0 spiro atoms. The smallest absolute Gasteiger partial charge is 0.0725 e. The average Bonchev–Trinajstić information content (AvgIpc) is 2.61. The van der Waals surface area contributed by atoms with E-state index in [1.54, 1.807) is 6.07 Å². The Hall–Kier alpha value is -2.65. The Morgan fingerprint density at radius 1 is 1.08 bits per heavy atom. The van der Waals surface area contributed by atoms with Gasteiger partial charge < -0.3 is 9.90 Å². The Labute approximate surface area is 150 Å². The lowest BCUT2D eigenvalue weighted by atomic mass is 9.86. The van der Waals surface area contributed by atoms with Crippen molar-refractivity contribution < 1.29 is 9.90 Å². The van der Waals surface area contributed by atoms with Gasteiger partial charge >= 0.3 is 0 Å². The molecular formula is C21H15ClNO2-. The van der Waals surface area contributed by atoms with Crippen molar-refractivity contribution in [1.29, 1.82) is 0 Å². The third-order valence-electron chi connectivity index (χ3n) is 4.61. The number of carboxylic acids is 1. The number of carboxylic acid groups (broad SMARTS) is 1. The molecule has 1 heterocycles. The van der Waals surface area contributed by atoms with E-state index in [1.165, 1.54) is 0 Å². The maximum Gasteiger partial charge on any atom is 0.0725 e. The molecule has 0 aliphatic heterocycles. The maximum absolute atomic E-state index is 11.8. The van der Waals surface area contributed by atoms with Crippen LogP contribution < -0.4 is 5.11 Å². The molecule has 0 amide bonds. The van der Waals surface area contributed by atoms with Gasteiger partial charge in [-0.25, -0.2) is 4.98 Å². The van der Waals surface area contributed by atoms with Crippen molar-refractivity contribution >= 4 is 40.1 Å². The summed E-state index contributed by atoms with van der Waals surface area (Å²) in [5.41, 5.74) is 4.39. The molecule has 1 aliphatic rings. The molecule has 3 aromatic rings. The summed E-state index contributed by atoms with van der Waals surface area (Å²) in [4.78, 5) is 16.6. The van der Waals surface area contributed by atoms with Crippen LogP contribution in [0.1, 0.15) is 40.0 Å². The molecule has 0 bridgehead atoms. The van der Waals surface area contributed by atoms with Gasteiger partial charge in [0.15, 0.2) is 0 Å². The molecule has 4 heteroatoms. The summed E-state index contributed by atoms with van der Waals surface area (Å²) < 4.78 is 0. The van der Waals surface area contributed by atoms with Crippen LogP contribution in [0.3, 0.4) is 0 Å². The van der Waals surface area contributed by atoms with Gasteiger partial charge in [0.25, 0.3) is 0 Å². The standard InChI is InChI=1S/C21H16ClNO2/c22-17-10-3-1-6-13(17)12-14-7-5-9-16-19(21(24)25)15-8-2-4-11-18(15)23-20(14)16/h1-4,6,8,10-12H,5,7,9H2,(H,24,25)/p-1/b14-12+. The van der Waals surface area contributed by atoms with Crippen molar-refractivity contribution in [2.24, 2.45) is 0 Å². The van der Waals surface area contributed by atoms with Crippen LogP contribution in [0.4, 0.5) is 0 Å². The third-order valence-corrected chi connectivity index (χ3v) is 4.95. The van der Waals surface area contributed by atoms with Gasteiger partial charge in [-0.05, 0) is 54.2 Å². The van der Waals surface area contributed by atoms with Crippen molar-refractivity contribution in [2.45, 2.75) is 19.3 Å². The summed E-state index contributed by atoms with van der Waals surface area (Å²) in [5.74, 6) is -1.14. The summed E-state index contributed by atoms with van der Waals surface area (Å²) >= 11 is 6.28. The van der Waals surface area contributed by atoms with Crippen molar-refractivity contribution in [3.8, 4) is 0 Å². The number of nitrogens with zero attached hydrogens (tertiary/aromatic N) is 1. The molecule has 0 saturated carbocycles. The Kier molecular flexibility index (Phi) is 4.02. The summed E-state index contributed by atoms with van der Waals surface area (Å²) in [5, 5.41) is 13.1. The number of pyridine rings is 1. The highest BCUT2D eigenvalue weighted by atomic mass is 35.5. The van der Waals surface area contributed by atoms with Crippen LogP contribution in [0.25, 0.3) is 22.6 Å². The van der Waals surface area contributed by atoms with Crippen molar-refractivity contribution in [3.63, 3.8) is 0 Å². The monoisotopic (exact) mass is 348 g/mol. The molecule has 0 N–H and O–H groups in total. The first-order valence-corrected chi connectivity index (χ1v) is 8.61. The molecule has 0 saturated heterocycles. The van der Waals surface area contributed by atoms with E-state index >= 15 is 0 Å². The predicted molar refractivity (Wildman–Crippen MR) is 98.3 cm³/mol. The number of fused-ring (bicyclic) bond motifs is 2. The number of aromatic nitrogens is 1. The SMILES string of the molecule is O=C([O-])c1c2c(nc3ccccc13)/C(=C/c1ccccc1Cl)CCC2. The predicted octanol–water partition coefficient (Wildman–Crippen LogP) is 4.13. The minimum absolute atomic E-state index is 0.269. The number of halogens is 1. The molecular weight excluding hydrogens is 334 g/mol. The first-order chi connectivity index (χ1) is 12.1. The summed E-state index contributed by atoms with van der Waals surface area (Å²) in [7, 11) is 0. The van der Waals surface area contributed by atoms with Gasteiger partial charge in [0.1, 0.15) is 0 Å². The number of allylic oxidation sites excluding steroid dienone is 1. The van der Waals surface area contributed by atoms with Crippen molar-refractivity contribution in [1.82, 2.24) is 4.98 Å². The fraction of sp³-hybridized carbons (Fsp3) is 0.143. The zero-order chi connectivity index (χ0) is 17.4. The van der Waals surface area contributed by atoms with Crippen molar-refractivity contribution in [2.75, 3.05) is 0 Å². The van der Waals surface area contributed by atoms with Crippen LogP contribution in [0.15, 0.2) is 48.5 Å². The van der Waals surface area contributed by atoms with Crippen LogP contribution in [-0.4, -0.2) is 11.0 Å². The van der Waals surface area contributed by atoms with Gasteiger partial charge in [0.05, 0.1) is 17.2 Å². The summed E-state index contributed by atoms with van der Waals surface area (Å²) in [6.45, 7) is 0. The molecule has 0 fully saturated rings. The maximum atomic E-state index is 11.8. The number of carbonyl (C=O) groups is 1. The number of aromatic carboxylic acids is 1. The lowest BCUT2D eigenvalue weighted by Gasteiger charge is -2.23. The zero-order valence-corrected chi connectivity index (χ0v) is 14.2. The van der Waals surface area contributed by atoms with Gasteiger partial charge in [-0.1, -0.05) is 48.0 Å². The van der Waals surface area contributed by atoms with Gasteiger partial charge in [0.2, 0.25) is 0 Å². The fourth-order valence-corrected chi connectivity index (χ4v) is 3.68. The molecule has 1 aliphatic carbocycles. The molecule has 3 nitrogen and oxygen atoms in total. The van der Waals surface area contributed by atoms with Gasteiger partial charge in [-0.15, -0.1) is 0 Å². The van der Waals surface area contributed by atoms with E-state index in [2.05, 4.69) is 0 Å². The molecule has 0 unspecified atom stereocenters. The normalized spacial score (nSPS) is 15.3. The van der Waals surface area contributed by atoms with E-state index < -0.39 is 5.97 Å². The topological polar surface area (TPSA) is 53.0 Å². The minimum atomic E-state index is -1.14. The number of hydrogen-bond acceptors (Lipinski definition) is 3. The highest BCUT2D eigenvalue weighted by Gasteiger charge is 2.22. The first kappa shape index (κ1) is 15.9. The second-order valence-electron chi connectivity index (χ2n) is 6.16. The van der Waals surface area contributed by atoms with E-state index in [0.29, 0.717) is 22.3 Å². The van der Waals surface area contributed by atoms with Crippen LogP contribution in [0.5, 0.6) is 0 Å². The van der Waals surface area contributed by atoms with E-state index in [0.717, 1.165) is 35.2 Å². The second-order valence-corrected chi connectivity index (χ2v) is 6.57. The van der Waals surface area contributed by atoms with E-state index in [1.807, 2.05) is 48.5 Å². The second kappa shape index (κ2) is 6.34. The molecule has 0 atom stereocenters. The molecule has 4 rings (SSSR count). The van der Waals surface area contributed by atoms with E-state index in [9.17, 15) is 9.90 Å². The Balaban J connectivity index is 1.99. The zero-order valence-electron chi connectivity index (χ0n) is 13.5. The van der Waals surface area contributed by atoms with E-state index in [4.69, 9.17) is 16.6 Å². The number of para-hydroxylation sites is 1. The number of benzene rings is 2. The van der Waals surface area contributed by atoms with Gasteiger partial charge in [-0.3, -0.25) is 0 Å². The number of carbonyl (C=O) groups excluding carboxylic acids is 1. The largest absolute Gasteiger partial charge is 0.545 e. The minimum Gasteiger partial charge on any atom is -0.545 e. The first-order valence-electron chi connectivity index (χ1n) is 8.23. The molecule has 25 heavy (non-hydrogen) atoms. The number of hydrogen-bond donors (Lipinski definition) is 0. The lowest BCUT2D eigenvalue weighted by molar-refractivity contribution is -0.254. The Bertz CT molecular complexity index is 1020. The molecule has 1 aromatic heterocycles. The van der Waals surface area contributed by atoms with Crippen LogP contribution >= 0.6 is 11.6 Å². The van der Waals surface area contributed by atoms with Crippen LogP contribution in [-0.2, 0) is 6.42 Å². The molecule has 2 aromatic carbocycles. The number of rotatable bonds is 2. The van der Waals surface area contributed by atoms with Crippen molar-refractivity contribution in [3.05, 3.63) is 75.9 Å². The fourth-order valence-electron chi connectivity index (χ4n) is 3.49. The van der Waals surface area contributed by atoms with Crippen LogP contribution in [0.2, 0.25) is 5.02 Å². The highest BCUT2D eigenvalue weighted by Crippen LogP contribution is 2.36. The quantitative estimate of drug-likeness (QED) is 0.699. The summed E-state index contributed by atoms with van der Waals surface area (Å²) in [6, 6.07) is 14.9. The highest BCUT2D eigenvalue weighted by molar-refractivity contribution is 6.32. The van der Waals surface area contributed by atoms with E-state index in [-0.39, 0.29) is 5.56 Å². The van der Waals surface area contributed by atoms with Gasteiger partial charge in [-0.2, -0.15) is 0 Å². The third kappa shape index (κ3) is 2.81. The Morgan fingerprint density at radius 3 is 2.64 bits per heavy atom. The summed E-state index contributed by atoms with van der Waals surface area (Å²) in [6.07, 6.45) is 4.43.